The van der Waals surface area contributed by atoms with Gasteiger partial charge in [0.2, 0.25) is 11.8 Å². The second-order valence-electron chi connectivity index (χ2n) is 10.7. The lowest BCUT2D eigenvalue weighted by atomic mass is 9.95. The average Bonchev–Trinajstić information content (AvgIpc) is 2.99. The van der Waals surface area contributed by atoms with Crippen LogP contribution in [0.2, 0.25) is 5.02 Å². The van der Waals surface area contributed by atoms with Crippen LogP contribution in [-0.4, -0.2) is 43.8 Å². The van der Waals surface area contributed by atoms with Gasteiger partial charge < -0.3 is 10.2 Å². The van der Waals surface area contributed by atoms with Crippen LogP contribution in [0.1, 0.15) is 50.2 Å². The molecule has 1 saturated carbocycles. The Hall–Kier alpha value is -3.09. The van der Waals surface area contributed by atoms with Gasteiger partial charge in [-0.15, -0.1) is 0 Å². The van der Waals surface area contributed by atoms with Crippen molar-refractivity contribution in [3.05, 3.63) is 93.4 Å². The third-order valence-corrected chi connectivity index (χ3v) is 10.1. The fraction of sp³-hybridized carbons (Fsp3) is 0.355. The molecule has 13 heteroatoms. The van der Waals surface area contributed by atoms with Crippen LogP contribution in [-0.2, 0) is 32.3 Å². The van der Waals surface area contributed by atoms with Gasteiger partial charge in [0.15, 0.2) is 0 Å². The molecule has 1 aliphatic rings. The zero-order valence-electron chi connectivity index (χ0n) is 23.9. The van der Waals surface area contributed by atoms with Crippen LogP contribution in [0.15, 0.2) is 82.2 Å². The van der Waals surface area contributed by atoms with Crippen molar-refractivity contribution in [2.24, 2.45) is 0 Å². The van der Waals surface area contributed by atoms with Gasteiger partial charge in [-0.1, -0.05) is 77.1 Å². The van der Waals surface area contributed by atoms with Gasteiger partial charge in [0.05, 0.1) is 21.2 Å². The molecule has 0 bridgehead atoms. The molecule has 0 radical (unpaired) electrons. The lowest BCUT2D eigenvalue weighted by molar-refractivity contribution is -0.139. The molecule has 0 saturated heterocycles. The van der Waals surface area contributed by atoms with E-state index in [-0.39, 0.29) is 17.5 Å². The SMILES string of the molecule is C[C@H](C(=O)NC1CCCCC1)N(Cc1cccc(Br)c1)C(=O)CN(c1ccc(Cl)c(C(F)(F)F)c1)S(=O)(=O)c1ccccc1. The smallest absolute Gasteiger partial charge is 0.352 e. The van der Waals surface area contributed by atoms with Crippen molar-refractivity contribution in [1.29, 1.82) is 0 Å². The fourth-order valence-electron chi connectivity index (χ4n) is 5.12. The zero-order valence-corrected chi connectivity index (χ0v) is 27.0. The molecular formula is C31H32BrClF3N3O4S. The van der Waals surface area contributed by atoms with Crippen molar-refractivity contribution in [2.75, 3.05) is 10.8 Å². The van der Waals surface area contributed by atoms with E-state index in [2.05, 4.69) is 21.2 Å². The van der Waals surface area contributed by atoms with Crippen molar-refractivity contribution in [1.82, 2.24) is 10.2 Å². The maximum Gasteiger partial charge on any atom is 0.417 e. The second-order valence-corrected chi connectivity index (χ2v) is 13.8. The van der Waals surface area contributed by atoms with E-state index < -0.39 is 56.9 Å². The number of amides is 2. The van der Waals surface area contributed by atoms with Crippen molar-refractivity contribution in [3.63, 3.8) is 0 Å². The summed E-state index contributed by atoms with van der Waals surface area (Å²) in [6.45, 7) is 0.629. The first-order valence-corrected chi connectivity index (χ1v) is 16.7. The van der Waals surface area contributed by atoms with E-state index in [1.165, 1.54) is 29.2 Å². The molecule has 0 aromatic heterocycles. The average molecular weight is 715 g/mol. The summed E-state index contributed by atoms with van der Waals surface area (Å²) in [6, 6.07) is 15.8. The first-order valence-electron chi connectivity index (χ1n) is 14.1. The summed E-state index contributed by atoms with van der Waals surface area (Å²) in [5.74, 6) is -1.18. The van der Waals surface area contributed by atoms with Crippen molar-refractivity contribution in [3.8, 4) is 0 Å². The van der Waals surface area contributed by atoms with Crippen LogP contribution in [0.3, 0.4) is 0 Å². The molecule has 3 aromatic carbocycles. The van der Waals surface area contributed by atoms with E-state index in [0.29, 0.717) is 15.9 Å². The summed E-state index contributed by atoms with van der Waals surface area (Å²) in [7, 11) is -4.54. The number of nitrogens with zero attached hydrogens (tertiary/aromatic N) is 2. The van der Waals surface area contributed by atoms with E-state index in [0.717, 1.165) is 48.7 Å². The summed E-state index contributed by atoms with van der Waals surface area (Å²) < 4.78 is 70.4. The Labute approximate surface area is 268 Å². The molecule has 7 nitrogen and oxygen atoms in total. The van der Waals surface area contributed by atoms with Crippen LogP contribution in [0.4, 0.5) is 18.9 Å². The Morgan fingerprint density at radius 2 is 1.68 bits per heavy atom. The Kier molecular flexibility index (Phi) is 11.0. The maximum atomic E-state index is 14.1. The highest BCUT2D eigenvalue weighted by Crippen LogP contribution is 2.38. The Morgan fingerprint density at radius 3 is 2.32 bits per heavy atom. The van der Waals surface area contributed by atoms with E-state index in [4.69, 9.17) is 11.6 Å². The summed E-state index contributed by atoms with van der Waals surface area (Å²) in [4.78, 5) is 28.5. The molecule has 1 aliphatic carbocycles. The minimum atomic E-state index is -4.88. The summed E-state index contributed by atoms with van der Waals surface area (Å²) in [5.41, 5.74) is -0.988. The Morgan fingerprint density at radius 1 is 1.00 bits per heavy atom. The van der Waals surface area contributed by atoms with Gasteiger partial charge in [-0.3, -0.25) is 13.9 Å². The number of carbonyl (C=O) groups is 2. The van der Waals surface area contributed by atoms with Gasteiger partial charge in [0.25, 0.3) is 10.0 Å². The van der Waals surface area contributed by atoms with E-state index in [1.54, 1.807) is 37.3 Å². The summed E-state index contributed by atoms with van der Waals surface area (Å²) in [5, 5.41) is 2.39. The van der Waals surface area contributed by atoms with Gasteiger partial charge in [-0.2, -0.15) is 13.2 Å². The molecule has 1 atom stereocenters. The molecule has 1 N–H and O–H groups in total. The largest absolute Gasteiger partial charge is 0.417 e. The lowest BCUT2D eigenvalue weighted by Gasteiger charge is -2.33. The third kappa shape index (κ3) is 8.33. The number of nitrogens with one attached hydrogen (secondary N) is 1. The minimum absolute atomic E-state index is 0.0358. The number of hydrogen-bond donors (Lipinski definition) is 1. The number of hydrogen-bond acceptors (Lipinski definition) is 4. The molecule has 0 aliphatic heterocycles. The minimum Gasteiger partial charge on any atom is -0.352 e. The standard InChI is InChI=1S/C31H32BrClF3N3O4S/c1-21(30(41)37-24-11-4-2-5-12-24)38(19-22-9-8-10-23(32)17-22)29(40)20-39(44(42,43)26-13-6-3-7-14-26)25-15-16-28(33)27(18-25)31(34,35)36/h3,6-10,13-18,21,24H,2,4-5,11-12,19-20H2,1H3,(H,37,41)/t21-/m1/s1. The lowest BCUT2D eigenvalue weighted by Crippen LogP contribution is -2.53. The second kappa shape index (κ2) is 14.3. The van der Waals surface area contributed by atoms with E-state index >= 15 is 0 Å². The van der Waals surface area contributed by atoms with Crippen LogP contribution in [0.25, 0.3) is 0 Å². The third-order valence-electron chi connectivity index (χ3n) is 7.51. The molecule has 236 valence electrons. The number of rotatable bonds is 10. The monoisotopic (exact) mass is 713 g/mol. The first kappa shape index (κ1) is 33.8. The highest BCUT2D eigenvalue weighted by atomic mass is 79.9. The van der Waals surface area contributed by atoms with Gasteiger partial charge in [0, 0.05) is 17.1 Å². The fourth-order valence-corrected chi connectivity index (χ4v) is 7.22. The number of halogens is 5. The maximum absolute atomic E-state index is 14.1. The molecular weight excluding hydrogens is 683 g/mol. The topological polar surface area (TPSA) is 86.8 Å². The molecule has 0 spiro atoms. The van der Waals surface area contributed by atoms with Crippen LogP contribution >= 0.6 is 27.5 Å². The number of anilines is 1. The zero-order chi connectivity index (χ0) is 32.1. The molecule has 44 heavy (non-hydrogen) atoms. The Balaban J connectivity index is 1.74. The summed E-state index contributed by atoms with van der Waals surface area (Å²) in [6.07, 6.45) is -0.196. The highest BCUT2D eigenvalue weighted by Gasteiger charge is 2.37. The van der Waals surface area contributed by atoms with E-state index in [9.17, 15) is 31.2 Å². The molecule has 0 unspecified atom stereocenters. The molecule has 2 amide bonds. The van der Waals surface area contributed by atoms with Gasteiger partial charge in [-0.25, -0.2) is 8.42 Å². The van der Waals surface area contributed by atoms with E-state index in [1.807, 2.05) is 0 Å². The van der Waals surface area contributed by atoms with Gasteiger partial charge in [0.1, 0.15) is 12.6 Å². The summed E-state index contributed by atoms with van der Waals surface area (Å²) >= 11 is 9.22. The van der Waals surface area contributed by atoms with Crippen LogP contribution < -0.4 is 9.62 Å². The molecule has 3 aromatic rings. The number of benzene rings is 3. The van der Waals surface area contributed by atoms with Crippen LogP contribution in [0, 0.1) is 0 Å². The quantitative estimate of drug-likeness (QED) is 0.241. The van der Waals surface area contributed by atoms with Crippen molar-refractivity contribution < 1.29 is 31.2 Å². The normalized spacial score (nSPS) is 15.0. The molecule has 4 rings (SSSR count). The van der Waals surface area contributed by atoms with Crippen LogP contribution in [0.5, 0.6) is 0 Å². The predicted octanol–water partition coefficient (Wildman–Crippen LogP) is 7.18. The number of carbonyl (C=O) groups excluding carboxylic acids is 2. The Bertz CT molecular complexity index is 1590. The first-order chi connectivity index (χ1) is 20.8. The van der Waals surface area contributed by atoms with Crippen molar-refractivity contribution >= 4 is 55.1 Å². The van der Waals surface area contributed by atoms with Gasteiger partial charge >= 0.3 is 6.18 Å². The van der Waals surface area contributed by atoms with Gasteiger partial charge in [-0.05, 0) is 67.8 Å². The molecule has 1 fully saturated rings. The van der Waals surface area contributed by atoms with Crippen molar-refractivity contribution in [2.45, 2.75) is 68.7 Å². The predicted molar refractivity (Wildman–Crippen MR) is 167 cm³/mol. The number of sulfonamides is 1. The highest BCUT2D eigenvalue weighted by molar-refractivity contribution is 9.10. The number of alkyl halides is 3. The molecule has 0 heterocycles.